The van der Waals surface area contributed by atoms with Gasteiger partial charge < -0.3 is 15.2 Å². The van der Waals surface area contributed by atoms with Crippen LogP contribution in [0.3, 0.4) is 0 Å². The van der Waals surface area contributed by atoms with E-state index >= 15 is 0 Å². The molecular formula is C13H24N4O. The molecule has 0 bridgehead atoms. The van der Waals surface area contributed by atoms with Crippen LogP contribution in [0, 0.1) is 0 Å². The SMILES string of the molecule is CC(CCCN)c1nc(N2CCCCCC2)no1. The lowest BCUT2D eigenvalue weighted by Crippen LogP contribution is -2.25. The second-order valence-electron chi connectivity index (χ2n) is 5.17. The first-order valence-corrected chi connectivity index (χ1v) is 7.10. The molecule has 2 rings (SSSR count). The van der Waals surface area contributed by atoms with Gasteiger partial charge in [0.05, 0.1) is 0 Å². The van der Waals surface area contributed by atoms with Gasteiger partial charge in [-0.1, -0.05) is 19.8 Å². The number of aromatic nitrogens is 2. The fourth-order valence-corrected chi connectivity index (χ4v) is 2.37. The van der Waals surface area contributed by atoms with Gasteiger partial charge in [-0.15, -0.1) is 0 Å². The van der Waals surface area contributed by atoms with Gasteiger partial charge in [-0.2, -0.15) is 4.98 Å². The van der Waals surface area contributed by atoms with Crippen LogP contribution in [0.4, 0.5) is 5.95 Å². The zero-order valence-corrected chi connectivity index (χ0v) is 11.3. The lowest BCUT2D eigenvalue weighted by molar-refractivity contribution is 0.351. The van der Waals surface area contributed by atoms with Gasteiger partial charge in [0.1, 0.15) is 0 Å². The lowest BCUT2D eigenvalue weighted by Gasteiger charge is -2.16. The Kier molecular flexibility index (Phi) is 4.99. The maximum Gasteiger partial charge on any atom is 0.266 e. The molecule has 1 aliphatic rings. The fourth-order valence-electron chi connectivity index (χ4n) is 2.37. The van der Waals surface area contributed by atoms with Crippen LogP contribution in [0.15, 0.2) is 4.52 Å². The quantitative estimate of drug-likeness (QED) is 0.870. The number of anilines is 1. The highest BCUT2D eigenvalue weighted by Gasteiger charge is 2.18. The third kappa shape index (κ3) is 3.45. The smallest absolute Gasteiger partial charge is 0.266 e. The number of hydrogen-bond acceptors (Lipinski definition) is 5. The summed E-state index contributed by atoms with van der Waals surface area (Å²) in [6, 6.07) is 0. The van der Waals surface area contributed by atoms with Crippen molar-refractivity contribution < 1.29 is 4.52 Å². The zero-order chi connectivity index (χ0) is 12.8. The van der Waals surface area contributed by atoms with Gasteiger partial charge in [0, 0.05) is 19.0 Å². The van der Waals surface area contributed by atoms with Crippen LogP contribution in [0.5, 0.6) is 0 Å². The minimum atomic E-state index is 0.307. The predicted octanol–water partition coefficient (Wildman–Crippen LogP) is 2.29. The molecule has 1 fully saturated rings. The maximum atomic E-state index is 5.52. The van der Waals surface area contributed by atoms with E-state index < -0.39 is 0 Å². The van der Waals surface area contributed by atoms with Gasteiger partial charge in [-0.05, 0) is 37.4 Å². The summed E-state index contributed by atoms with van der Waals surface area (Å²) in [5, 5.41) is 4.12. The molecule has 1 unspecified atom stereocenters. The number of rotatable bonds is 5. The molecule has 2 heterocycles. The van der Waals surface area contributed by atoms with Gasteiger partial charge in [-0.3, -0.25) is 0 Å². The Morgan fingerprint density at radius 3 is 2.67 bits per heavy atom. The molecule has 0 saturated carbocycles. The first-order valence-electron chi connectivity index (χ1n) is 7.10. The monoisotopic (exact) mass is 252 g/mol. The molecule has 18 heavy (non-hydrogen) atoms. The predicted molar refractivity (Wildman–Crippen MR) is 71.7 cm³/mol. The summed E-state index contributed by atoms with van der Waals surface area (Å²) in [5.41, 5.74) is 5.52. The Hall–Kier alpha value is -1.10. The molecular weight excluding hydrogens is 228 g/mol. The van der Waals surface area contributed by atoms with Crippen LogP contribution in [-0.2, 0) is 0 Å². The van der Waals surface area contributed by atoms with Gasteiger partial charge in [0.2, 0.25) is 5.89 Å². The maximum absolute atomic E-state index is 5.52. The third-order valence-electron chi connectivity index (χ3n) is 3.58. The number of nitrogens with two attached hydrogens (primary N) is 1. The van der Waals surface area contributed by atoms with Crippen molar-refractivity contribution in [3.63, 3.8) is 0 Å². The normalized spacial score (nSPS) is 18.7. The average molecular weight is 252 g/mol. The Morgan fingerprint density at radius 1 is 1.28 bits per heavy atom. The summed E-state index contributed by atoms with van der Waals surface area (Å²) in [6.07, 6.45) is 7.10. The average Bonchev–Trinajstić information content (AvgIpc) is 2.72. The van der Waals surface area contributed by atoms with Crippen molar-refractivity contribution in [3.8, 4) is 0 Å². The molecule has 0 aliphatic carbocycles. The van der Waals surface area contributed by atoms with Crippen molar-refractivity contribution >= 4 is 5.95 Å². The largest absolute Gasteiger partial charge is 0.338 e. The topological polar surface area (TPSA) is 68.2 Å². The Balaban J connectivity index is 1.95. The van der Waals surface area contributed by atoms with E-state index in [0.29, 0.717) is 5.92 Å². The molecule has 1 aromatic rings. The van der Waals surface area contributed by atoms with E-state index in [-0.39, 0.29) is 0 Å². The minimum absolute atomic E-state index is 0.307. The van der Waals surface area contributed by atoms with Crippen molar-refractivity contribution in [2.45, 2.75) is 51.4 Å². The van der Waals surface area contributed by atoms with E-state index in [1.165, 1.54) is 25.7 Å². The van der Waals surface area contributed by atoms with Crippen molar-refractivity contribution in [1.29, 1.82) is 0 Å². The van der Waals surface area contributed by atoms with Gasteiger partial charge >= 0.3 is 0 Å². The molecule has 1 saturated heterocycles. The molecule has 2 N–H and O–H groups in total. The van der Waals surface area contributed by atoms with Crippen molar-refractivity contribution in [1.82, 2.24) is 10.1 Å². The van der Waals surface area contributed by atoms with Crippen LogP contribution in [0.2, 0.25) is 0 Å². The Morgan fingerprint density at radius 2 is 2.00 bits per heavy atom. The highest BCUT2D eigenvalue weighted by molar-refractivity contribution is 5.28. The van der Waals surface area contributed by atoms with E-state index in [4.69, 9.17) is 10.3 Å². The second-order valence-corrected chi connectivity index (χ2v) is 5.17. The minimum Gasteiger partial charge on any atom is -0.338 e. The molecule has 0 amide bonds. The summed E-state index contributed by atoms with van der Waals surface area (Å²) in [4.78, 5) is 6.78. The van der Waals surface area contributed by atoms with E-state index in [1.807, 2.05) is 0 Å². The first kappa shape index (κ1) is 13.3. The van der Waals surface area contributed by atoms with Crippen LogP contribution in [0.25, 0.3) is 0 Å². The third-order valence-corrected chi connectivity index (χ3v) is 3.58. The van der Waals surface area contributed by atoms with Crippen LogP contribution < -0.4 is 10.6 Å². The molecule has 102 valence electrons. The fraction of sp³-hybridized carbons (Fsp3) is 0.846. The highest BCUT2D eigenvalue weighted by atomic mass is 16.5. The number of nitrogens with zero attached hydrogens (tertiary/aromatic N) is 3. The van der Waals surface area contributed by atoms with Crippen LogP contribution in [0.1, 0.15) is 57.3 Å². The van der Waals surface area contributed by atoms with Crippen molar-refractivity contribution in [2.75, 3.05) is 24.5 Å². The van der Waals surface area contributed by atoms with E-state index in [1.54, 1.807) is 0 Å². The Bertz CT molecular complexity index is 345. The van der Waals surface area contributed by atoms with Crippen molar-refractivity contribution in [3.05, 3.63) is 5.89 Å². The molecule has 1 aromatic heterocycles. The zero-order valence-electron chi connectivity index (χ0n) is 11.3. The molecule has 1 aliphatic heterocycles. The van der Waals surface area contributed by atoms with Crippen LogP contribution >= 0.6 is 0 Å². The highest BCUT2D eigenvalue weighted by Crippen LogP contribution is 2.22. The molecule has 5 heteroatoms. The summed E-state index contributed by atoms with van der Waals surface area (Å²) in [7, 11) is 0. The lowest BCUT2D eigenvalue weighted by atomic mass is 10.1. The second kappa shape index (κ2) is 6.73. The van der Waals surface area contributed by atoms with E-state index in [2.05, 4.69) is 22.0 Å². The van der Waals surface area contributed by atoms with Gasteiger partial charge in [0.25, 0.3) is 5.95 Å². The van der Waals surface area contributed by atoms with Gasteiger partial charge in [-0.25, -0.2) is 0 Å². The summed E-state index contributed by atoms with van der Waals surface area (Å²) < 4.78 is 5.37. The molecule has 0 aromatic carbocycles. The summed E-state index contributed by atoms with van der Waals surface area (Å²) >= 11 is 0. The van der Waals surface area contributed by atoms with Gasteiger partial charge in [0.15, 0.2) is 0 Å². The molecule has 1 atom stereocenters. The number of hydrogen-bond donors (Lipinski definition) is 1. The van der Waals surface area contributed by atoms with Crippen molar-refractivity contribution in [2.24, 2.45) is 5.73 Å². The standard InChI is InChI=1S/C13H24N4O/c1-11(7-6-8-14)12-15-13(16-18-12)17-9-4-2-3-5-10-17/h11H,2-10,14H2,1H3. The van der Waals surface area contributed by atoms with E-state index in [0.717, 1.165) is 44.3 Å². The Labute approximate surface area is 109 Å². The molecule has 0 radical (unpaired) electrons. The van der Waals surface area contributed by atoms with E-state index in [9.17, 15) is 0 Å². The summed E-state index contributed by atoms with van der Waals surface area (Å²) in [6.45, 7) is 4.94. The van der Waals surface area contributed by atoms with Crippen LogP contribution in [-0.4, -0.2) is 29.8 Å². The molecule has 0 spiro atoms. The molecule has 5 nitrogen and oxygen atoms in total. The first-order chi connectivity index (χ1) is 8.81. The summed E-state index contributed by atoms with van der Waals surface area (Å²) in [5.74, 6) is 1.83.